The molecule has 0 saturated heterocycles. The maximum atomic E-state index is 9.00. The molecule has 3 N–H and O–H groups in total. The maximum Gasteiger partial charge on any atom is 0.175 e. The van der Waals surface area contributed by atoms with Gasteiger partial charge in [0.25, 0.3) is 0 Å². The molecule has 0 spiro atoms. The molecule has 0 unspecified atom stereocenters. The highest BCUT2D eigenvalue weighted by Gasteiger charge is 2.15. The van der Waals surface area contributed by atoms with Crippen molar-refractivity contribution in [3.63, 3.8) is 0 Å². The highest BCUT2D eigenvalue weighted by atomic mass is 32.2. The first-order chi connectivity index (χ1) is 10.2. The lowest BCUT2D eigenvalue weighted by Crippen LogP contribution is -2.15. The molecular weight excluding hydrogens is 284 g/mol. The van der Waals surface area contributed by atoms with Crippen molar-refractivity contribution >= 4 is 17.6 Å². The van der Waals surface area contributed by atoms with E-state index >= 15 is 0 Å². The number of ether oxygens (including phenoxy) is 1. The molecule has 2 rings (SSSR count). The highest BCUT2D eigenvalue weighted by molar-refractivity contribution is 7.98. The smallest absolute Gasteiger partial charge is 0.175 e. The summed E-state index contributed by atoms with van der Waals surface area (Å²) < 4.78 is 6.01. The van der Waals surface area contributed by atoms with Crippen LogP contribution in [0.1, 0.15) is 18.1 Å². The zero-order valence-electron chi connectivity index (χ0n) is 12.0. The zero-order chi connectivity index (χ0) is 15.2. The summed E-state index contributed by atoms with van der Waals surface area (Å²) in [6.45, 7) is 2.07. The summed E-state index contributed by atoms with van der Waals surface area (Å²) >= 11 is 1.52. The van der Waals surface area contributed by atoms with Crippen LogP contribution < -0.4 is 10.5 Å². The normalized spacial score (nSPS) is 11.4. The predicted molar refractivity (Wildman–Crippen MR) is 86.6 cm³/mol. The molecule has 0 atom stereocenters. The minimum absolute atomic E-state index is 0.0453. The third-order valence-electron chi connectivity index (χ3n) is 3.15. The average Bonchev–Trinajstić information content (AvgIpc) is 2.54. The topological polar surface area (TPSA) is 67.8 Å². The van der Waals surface area contributed by atoms with E-state index in [1.807, 2.05) is 48.7 Å². The largest absolute Gasteiger partial charge is 0.456 e. The number of nitrogens with zero attached hydrogens (tertiary/aromatic N) is 1. The number of rotatable bonds is 5. The first kappa shape index (κ1) is 15.3. The van der Waals surface area contributed by atoms with Gasteiger partial charge in [-0.3, -0.25) is 0 Å². The summed E-state index contributed by atoms with van der Waals surface area (Å²) in [5.41, 5.74) is 7.52. The molecule has 0 fully saturated rings. The first-order valence-electron chi connectivity index (χ1n) is 6.61. The second kappa shape index (κ2) is 7.04. The van der Waals surface area contributed by atoms with E-state index < -0.39 is 0 Å². The molecule has 0 aliphatic heterocycles. The number of aryl methyl sites for hydroxylation is 1. The zero-order valence-corrected chi connectivity index (χ0v) is 12.9. The van der Waals surface area contributed by atoms with Gasteiger partial charge in [-0.1, -0.05) is 36.3 Å². The lowest BCUT2D eigenvalue weighted by molar-refractivity contribution is 0.318. The van der Waals surface area contributed by atoms with Crippen molar-refractivity contribution in [3.8, 4) is 11.5 Å². The van der Waals surface area contributed by atoms with Crippen LogP contribution in [0.15, 0.2) is 52.5 Å². The number of benzene rings is 2. The van der Waals surface area contributed by atoms with Crippen molar-refractivity contribution < 1.29 is 9.94 Å². The molecular formula is C16H18N2O2S. The Kier molecular flexibility index (Phi) is 5.11. The Hall–Kier alpha value is -2.14. The fourth-order valence-electron chi connectivity index (χ4n) is 2.08. The molecule has 0 saturated carbocycles. The van der Waals surface area contributed by atoms with Gasteiger partial charge < -0.3 is 15.7 Å². The third-order valence-corrected chi connectivity index (χ3v) is 3.93. The Balaban J connectivity index is 2.49. The van der Waals surface area contributed by atoms with Gasteiger partial charge in [0, 0.05) is 4.90 Å². The first-order valence-corrected chi connectivity index (χ1v) is 7.84. The van der Waals surface area contributed by atoms with Crippen LogP contribution in [0, 0.1) is 0 Å². The van der Waals surface area contributed by atoms with Crippen molar-refractivity contribution in [2.24, 2.45) is 10.9 Å². The number of amidine groups is 1. The summed E-state index contributed by atoms with van der Waals surface area (Å²) in [5.74, 6) is 1.41. The van der Waals surface area contributed by atoms with Crippen LogP contribution in [0.2, 0.25) is 0 Å². The molecule has 110 valence electrons. The second-order valence-electron chi connectivity index (χ2n) is 4.38. The van der Waals surface area contributed by atoms with Crippen LogP contribution in [0.4, 0.5) is 0 Å². The average molecular weight is 302 g/mol. The molecule has 21 heavy (non-hydrogen) atoms. The Morgan fingerprint density at radius 1 is 1.19 bits per heavy atom. The molecule has 0 aromatic heterocycles. The van der Waals surface area contributed by atoms with Crippen LogP contribution >= 0.6 is 11.8 Å². The van der Waals surface area contributed by atoms with E-state index in [9.17, 15) is 0 Å². The number of thioether (sulfide) groups is 1. The third kappa shape index (κ3) is 3.31. The van der Waals surface area contributed by atoms with Gasteiger partial charge in [-0.15, -0.1) is 11.8 Å². The second-order valence-corrected chi connectivity index (χ2v) is 5.23. The van der Waals surface area contributed by atoms with E-state index in [1.165, 1.54) is 11.8 Å². The molecule has 0 radical (unpaired) electrons. The Bertz CT molecular complexity index is 656. The van der Waals surface area contributed by atoms with Crippen LogP contribution in [-0.4, -0.2) is 17.3 Å². The monoisotopic (exact) mass is 302 g/mol. The fourth-order valence-corrected chi connectivity index (χ4v) is 2.71. The van der Waals surface area contributed by atoms with Crippen LogP contribution in [0.3, 0.4) is 0 Å². The predicted octanol–water partition coefficient (Wildman–Crippen LogP) is 3.86. The van der Waals surface area contributed by atoms with E-state index in [0.29, 0.717) is 11.3 Å². The quantitative estimate of drug-likeness (QED) is 0.289. The minimum Gasteiger partial charge on any atom is -0.456 e. The Labute approximate surface area is 128 Å². The van der Waals surface area contributed by atoms with Gasteiger partial charge in [0.1, 0.15) is 11.5 Å². The van der Waals surface area contributed by atoms with Gasteiger partial charge in [0.2, 0.25) is 0 Å². The van der Waals surface area contributed by atoms with Crippen molar-refractivity contribution in [1.29, 1.82) is 0 Å². The Morgan fingerprint density at radius 3 is 2.57 bits per heavy atom. The summed E-state index contributed by atoms with van der Waals surface area (Å²) in [4.78, 5) is 0.900. The fraction of sp³-hybridized carbons (Fsp3) is 0.188. The van der Waals surface area contributed by atoms with Crippen LogP contribution in [-0.2, 0) is 6.42 Å². The van der Waals surface area contributed by atoms with Gasteiger partial charge in [-0.05, 0) is 36.4 Å². The lowest BCUT2D eigenvalue weighted by atomic mass is 10.1. The summed E-state index contributed by atoms with van der Waals surface area (Å²) in [7, 11) is 0. The number of hydrogen-bond donors (Lipinski definition) is 2. The van der Waals surface area contributed by atoms with Gasteiger partial charge >= 0.3 is 0 Å². The minimum atomic E-state index is 0.0453. The van der Waals surface area contributed by atoms with Crippen molar-refractivity contribution in [2.75, 3.05) is 6.26 Å². The van der Waals surface area contributed by atoms with E-state index in [0.717, 1.165) is 22.6 Å². The number of oxime groups is 1. The van der Waals surface area contributed by atoms with E-state index in [-0.39, 0.29) is 5.84 Å². The van der Waals surface area contributed by atoms with E-state index in [4.69, 9.17) is 15.7 Å². The van der Waals surface area contributed by atoms with E-state index in [1.54, 1.807) is 0 Å². The SMILES string of the molecule is CCc1ccccc1Oc1cccc(SC)c1/C(N)=N/O. The van der Waals surface area contributed by atoms with Gasteiger partial charge in [0.15, 0.2) is 5.84 Å². The van der Waals surface area contributed by atoms with E-state index in [2.05, 4.69) is 12.1 Å². The maximum absolute atomic E-state index is 9.00. The van der Waals surface area contributed by atoms with Gasteiger partial charge in [-0.25, -0.2) is 0 Å². The summed E-state index contributed by atoms with van der Waals surface area (Å²) in [6, 6.07) is 13.5. The van der Waals surface area contributed by atoms with Crippen LogP contribution in [0.25, 0.3) is 0 Å². The van der Waals surface area contributed by atoms with Crippen molar-refractivity contribution in [1.82, 2.24) is 0 Å². The standard InChI is InChI=1S/C16H18N2O2S/c1-3-11-7-4-5-8-12(11)20-13-9-6-10-14(21-2)15(13)16(17)18-19/h4-10,19H,3H2,1-2H3,(H2,17,18). The number of para-hydroxylation sites is 1. The summed E-state index contributed by atoms with van der Waals surface area (Å²) in [5, 5.41) is 12.1. The number of nitrogens with two attached hydrogens (primary N) is 1. The molecule has 0 heterocycles. The molecule has 4 nitrogen and oxygen atoms in total. The van der Waals surface area contributed by atoms with Crippen molar-refractivity contribution in [2.45, 2.75) is 18.2 Å². The molecule has 2 aromatic rings. The van der Waals surface area contributed by atoms with Gasteiger partial charge in [0.05, 0.1) is 5.56 Å². The molecule has 0 aliphatic rings. The molecule has 2 aromatic carbocycles. The number of hydrogen-bond acceptors (Lipinski definition) is 4. The molecule has 0 bridgehead atoms. The highest BCUT2D eigenvalue weighted by Crippen LogP contribution is 2.33. The Morgan fingerprint density at radius 2 is 1.90 bits per heavy atom. The molecule has 5 heteroatoms. The summed E-state index contributed by atoms with van der Waals surface area (Å²) in [6.07, 6.45) is 2.81. The molecule has 0 amide bonds. The van der Waals surface area contributed by atoms with Crippen LogP contribution in [0.5, 0.6) is 11.5 Å². The van der Waals surface area contributed by atoms with Crippen molar-refractivity contribution in [3.05, 3.63) is 53.6 Å². The van der Waals surface area contributed by atoms with Gasteiger partial charge in [-0.2, -0.15) is 0 Å². The molecule has 0 aliphatic carbocycles. The lowest BCUT2D eigenvalue weighted by Gasteiger charge is -2.15.